The van der Waals surface area contributed by atoms with Gasteiger partial charge in [0.05, 0.1) is 74.3 Å². The zero-order chi connectivity index (χ0) is 32.1. The number of hydrogen-bond donors (Lipinski definition) is 3. The predicted molar refractivity (Wildman–Crippen MR) is 166 cm³/mol. The molecule has 2 aromatic rings. The molecule has 11 atom stereocenters. The summed E-state index contributed by atoms with van der Waals surface area (Å²) in [6, 6.07) is 20.2. The average molecular weight is 627 g/mol. The first-order valence-corrected chi connectivity index (χ1v) is 16.3. The molecule has 0 bridgehead atoms. The van der Waals surface area contributed by atoms with Crippen molar-refractivity contribution in [3.63, 3.8) is 0 Å². The predicted octanol–water partition coefficient (Wildman–Crippen LogP) is 4.08. The molecule has 0 spiro atoms. The molecule has 4 heterocycles. The summed E-state index contributed by atoms with van der Waals surface area (Å²) in [5, 5.41) is 32.6. The summed E-state index contributed by atoms with van der Waals surface area (Å²) in [5.74, 6) is 0. The van der Waals surface area contributed by atoms with Gasteiger partial charge in [0.1, 0.15) is 16.8 Å². The minimum absolute atomic E-state index is 0.221. The molecule has 248 valence electrons. The van der Waals surface area contributed by atoms with E-state index < -0.39 is 52.4 Å². The van der Waals surface area contributed by atoms with Crippen molar-refractivity contribution < 1.29 is 43.7 Å². The molecular formula is C36H50O9. The fourth-order valence-corrected chi connectivity index (χ4v) is 7.86. The van der Waals surface area contributed by atoms with Gasteiger partial charge in [0.25, 0.3) is 0 Å². The summed E-state index contributed by atoms with van der Waals surface area (Å²) in [6.45, 7) is 10.4. The van der Waals surface area contributed by atoms with E-state index in [0.29, 0.717) is 32.7 Å². The highest BCUT2D eigenvalue weighted by atomic mass is 16.6. The van der Waals surface area contributed by atoms with E-state index in [0.717, 1.165) is 11.1 Å². The zero-order valence-corrected chi connectivity index (χ0v) is 27.2. The van der Waals surface area contributed by atoms with Crippen LogP contribution in [0.2, 0.25) is 0 Å². The Morgan fingerprint density at radius 3 is 2.00 bits per heavy atom. The van der Waals surface area contributed by atoms with E-state index >= 15 is 0 Å². The lowest BCUT2D eigenvalue weighted by Crippen LogP contribution is -2.70. The van der Waals surface area contributed by atoms with Crippen molar-refractivity contribution in [2.75, 3.05) is 13.2 Å². The van der Waals surface area contributed by atoms with Crippen LogP contribution in [0.1, 0.15) is 71.4 Å². The number of rotatable bonds is 8. The molecule has 9 heteroatoms. The van der Waals surface area contributed by atoms with Crippen LogP contribution in [0.5, 0.6) is 0 Å². The van der Waals surface area contributed by atoms with Crippen LogP contribution in [0, 0.1) is 0 Å². The second-order valence-electron chi connectivity index (χ2n) is 14.7. The fraction of sp³-hybridized carbons (Fsp3) is 0.667. The van der Waals surface area contributed by atoms with Gasteiger partial charge in [-0.25, -0.2) is 0 Å². The maximum atomic E-state index is 11.6. The average Bonchev–Trinajstić information content (AvgIpc) is 3.07. The summed E-state index contributed by atoms with van der Waals surface area (Å²) in [5.41, 5.74) is -2.56. The Labute approximate surface area is 266 Å². The maximum Gasteiger partial charge on any atom is 0.118 e. The van der Waals surface area contributed by atoms with Crippen LogP contribution >= 0.6 is 0 Å². The molecule has 2 aromatic carbocycles. The van der Waals surface area contributed by atoms with Gasteiger partial charge < -0.3 is 43.7 Å². The van der Waals surface area contributed by atoms with E-state index in [4.69, 9.17) is 28.4 Å². The van der Waals surface area contributed by atoms with E-state index in [-0.39, 0.29) is 31.7 Å². The minimum Gasteiger partial charge on any atom is -0.393 e. The Bertz CT molecular complexity index is 1300. The van der Waals surface area contributed by atoms with Crippen LogP contribution in [0.4, 0.5) is 0 Å². The van der Waals surface area contributed by atoms with E-state index in [1.54, 1.807) is 6.92 Å². The normalized spacial score (nSPS) is 44.7. The van der Waals surface area contributed by atoms with Gasteiger partial charge in [-0.3, -0.25) is 0 Å². The van der Waals surface area contributed by atoms with E-state index in [1.165, 1.54) is 0 Å². The first-order chi connectivity index (χ1) is 21.3. The highest BCUT2D eigenvalue weighted by Gasteiger charge is 2.65. The van der Waals surface area contributed by atoms with Gasteiger partial charge in [-0.05, 0) is 45.7 Å². The van der Waals surface area contributed by atoms with E-state index in [9.17, 15) is 15.3 Å². The molecular weight excluding hydrogens is 576 g/mol. The molecule has 0 amide bonds. The second kappa shape index (κ2) is 12.3. The van der Waals surface area contributed by atoms with Crippen LogP contribution in [0.15, 0.2) is 60.7 Å². The molecule has 4 fully saturated rings. The van der Waals surface area contributed by atoms with Crippen LogP contribution in [-0.4, -0.2) is 93.2 Å². The third kappa shape index (κ3) is 6.24. The number of ether oxygens (including phenoxy) is 6. The highest BCUT2D eigenvalue weighted by Crippen LogP contribution is 2.53. The number of fused-ring (bicyclic) bond motifs is 3. The zero-order valence-electron chi connectivity index (χ0n) is 27.2. The molecule has 0 aliphatic carbocycles. The highest BCUT2D eigenvalue weighted by molar-refractivity contribution is 5.16. The maximum absolute atomic E-state index is 11.6. The van der Waals surface area contributed by atoms with Crippen molar-refractivity contribution in [1.82, 2.24) is 0 Å². The summed E-state index contributed by atoms with van der Waals surface area (Å²) in [6.07, 6.45) is -2.04. The van der Waals surface area contributed by atoms with E-state index in [2.05, 4.69) is 13.8 Å². The smallest absolute Gasteiger partial charge is 0.118 e. The third-order valence-electron chi connectivity index (χ3n) is 10.9. The Balaban J connectivity index is 1.25. The number of benzene rings is 2. The lowest BCUT2D eigenvalue weighted by atomic mass is 9.72. The van der Waals surface area contributed by atoms with Gasteiger partial charge in [0.15, 0.2) is 0 Å². The van der Waals surface area contributed by atoms with Crippen molar-refractivity contribution in [3.05, 3.63) is 71.8 Å². The van der Waals surface area contributed by atoms with Crippen molar-refractivity contribution in [1.29, 1.82) is 0 Å². The fourth-order valence-electron chi connectivity index (χ4n) is 7.86. The molecule has 0 aromatic heterocycles. The standard InChI is InChI=1S/C36H50O9/c1-32-18-27(39)36(5)30(16-26(38)34(3,22-37)45-36)42-31(32)19-33(2)29(43-32)17-28(41-21-25-14-10-7-11-15-25)35(4,44-33)23-40-20-24-12-8-6-9-13-24/h6-15,26-31,37-39H,16-23H2,1-5H3/t26-,27-,28+,29-,30+,31-,32+,33+,34+,35-,36-/m0/s1. The number of hydrogen-bond acceptors (Lipinski definition) is 9. The Morgan fingerprint density at radius 2 is 1.36 bits per heavy atom. The topological polar surface area (TPSA) is 116 Å². The summed E-state index contributed by atoms with van der Waals surface area (Å²) in [7, 11) is 0. The first kappa shape index (κ1) is 33.0. The van der Waals surface area contributed by atoms with Crippen molar-refractivity contribution in [3.8, 4) is 0 Å². The Hall–Kier alpha value is -1.92. The SMILES string of the molecule is C[C@@]12O[C@](C)(CO)[C@@H](O)C[C@H]1O[C@H]1C[C@@]3(C)O[C@@](C)(COCc4ccccc4)[C@H](OCc4ccccc4)C[C@@H]3O[C@]1(C)C[C@@H]2O. The third-order valence-corrected chi connectivity index (χ3v) is 10.9. The van der Waals surface area contributed by atoms with Gasteiger partial charge in [-0.2, -0.15) is 0 Å². The molecule has 4 saturated heterocycles. The molecule has 6 rings (SSSR count). The largest absolute Gasteiger partial charge is 0.393 e. The molecule has 0 radical (unpaired) electrons. The molecule has 45 heavy (non-hydrogen) atoms. The lowest BCUT2D eigenvalue weighted by molar-refractivity contribution is -0.353. The van der Waals surface area contributed by atoms with Gasteiger partial charge >= 0.3 is 0 Å². The quantitative estimate of drug-likeness (QED) is 0.399. The van der Waals surface area contributed by atoms with Gasteiger partial charge in [0.2, 0.25) is 0 Å². The summed E-state index contributed by atoms with van der Waals surface area (Å²) >= 11 is 0. The summed E-state index contributed by atoms with van der Waals surface area (Å²) < 4.78 is 40.0. The van der Waals surface area contributed by atoms with Crippen LogP contribution in [-0.2, 0) is 41.6 Å². The Kier molecular flexibility index (Phi) is 9.00. The van der Waals surface area contributed by atoms with E-state index in [1.807, 2.05) is 74.5 Å². The van der Waals surface area contributed by atoms with Crippen LogP contribution in [0.25, 0.3) is 0 Å². The van der Waals surface area contributed by atoms with Crippen molar-refractivity contribution >= 4 is 0 Å². The van der Waals surface area contributed by atoms with Gasteiger partial charge in [-0.1, -0.05) is 60.7 Å². The lowest BCUT2D eigenvalue weighted by Gasteiger charge is -2.59. The second-order valence-corrected chi connectivity index (χ2v) is 14.7. The minimum atomic E-state index is -1.21. The van der Waals surface area contributed by atoms with Crippen molar-refractivity contribution in [2.45, 2.75) is 138 Å². The van der Waals surface area contributed by atoms with Gasteiger partial charge in [0, 0.05) is 25.7 Å². The molecule has 0 unspecified atom stereocenters. The van der Waals surface area contributed by atoms with Gasteiger partial charge in [-0.15, -0.1) is 0 Å². The first-order valence-electron chi connectivity index (χ1n) is 16.3. The van der Waals surface area contributed by atoms with Crippen molar-refractivity contribution in [2.24, 2.45) is 0 Å². The molecule has 4 aliphatic heterocycles. The molecule has 9 nitrogen and oxygen atoms in total. The summed E-state index contributed by atoms with van der Waals surface area (Å²) in [4.78, 5) is 0. The Morgan fingerprint density at radius 1 is 0.711 bits per heavy atom. The number of aliphatic hydroxyl groups is 3. The molecule has 3 N–H and O–H groups in total. The monoisotopic (exact) mass is 626 g/mol. The van der Waals surface area contributed by atoms with Crippen LogP contribution in [0.3, 0.4) is 0 Å². The molecule has 4 aliphatic rings. The van der Waals surface area contributed by atoms with Crippen LogP contribution < -0.4 is 0 Å². The number of aliphatic hydroxyl groups excluding tert-OH is 3. The molecule has 0 saturated carbocycles.